The lowest BCUT2D eigenvalue weighted by Crippen LogP contribution is -2.33. The van der Waals surface area contributed by atoms with Crippen LogP contribution < -0.4 is 5.32 Å². The molecule has 0 radical (unpaired) electrons. The minimum absolute atomic E-state index is 0.755. The van der Waals surface area contributed by atoms with Crippen molar-refractivity contribution in [3.8, 4) is 0 Å². The summed E-state index contributed by atoms with van der Waals surface area (Å²) < 4.78 is 5.38. The predicted octanol–water partition coefficient (Wildman–Crippen LogP) is 2.58. The molecule has 18 heavy (non-hydrogen) atoms. The molecule has 0 spiro atoms. The summed E-state index contributed by atoms with van der Waals surface area (Å²) in [7, 11) is 2.19. The fourth-order valence-corrected chi connectivity index (χ4v) is 2.54. The number of piperidine rings is 1. The highest BCUT2D eigenvalue weighted by molar-refractivity contribution is 5.87. The highest BCUT2D eigenvalue weighted by atomic mass is 16.3. The van der Waals surface area contributed by atoms with Crippen LogP contribution in [0.1, 0.15) is 12.8 Å². The van der Waals surface area contributed by atoms with Gasteiger partial charge in [0.15, 0.2) is 0 Å². The van der Waals surface area contributed by atoms with Crippen molar-refractivity contribution in [1.82, 2.24) is 9.88 Å². The number of pyridine rings is 1. The van der Waals surface area contributed by atoms with E-state index in [-0.39, 0.29) is 0 Å². The first-order valence-electron chi connectivity index (χ1n) is 6.57. The maximum absolute atomic E-state index is 5.38. The van der Waals surface area contributed by atoms with Gasteiger partial charge in [-0.05, 0) is 51.0 Å². The molecule has 0 bridgehead atoms. The monoisotopic (exact) mass is 245 g/mol. The Morgan fingerprint density at radius 1 is 1.39 bits per heavy atom. The van der Waals surface area contributed by atoms with Crippen molar-refractivity contribution in [3.63, 3.8) is 0 Å². The Bertz CT molecular complexity index is 514. The number of nitrogens with one attached hydrogen (secondary N) is 1. The van der Waals surface area contributed by atoms with Crippen LogP contribution in [0.2, 0.25) is 0 Å². The summed E-state index contributed by atoms with van der Waals surface area (Å²) in [4.78, 5) is 6.79. The molecule has 1 fully saturated rings. The maximum Gasteiger partial charge on any atom is 0.139 e. The van der Waals surface area contributed by atoms with Crippen LogP contribution in [0, 0.1) is 5.92 Å². The fraction of sp³-hybridized carbons (Fsp3) is 0.500. The van der Waals surface area contributed by atoms with Gasteiger partial charge in [0.05, 0.1) is 11.6 Å². The molecule has 0 saturated carbocycles. The number of furan rings is 1. The van der Waals surface area contributed by atoms with Gasteiger partial charge in [0.1, 0.15) is 11.4 Å². The first kappa shape index (κ1) is 11.5. The van der Waals surface area contributed by atoms with Crippen molar-refractivity contribution in [2.45, 2.75) is 12.8 Å². The quantitative estimate of drug-likeness (QED) is 0.902. The predicted molar refractivity (Wildman–Crippen MR) is 72.7 cm³/mol. The molecule has 0 aromatic carbocycles. The molecule has 0 amide bonds. The molecule has 0 aliphatic carbocycles. The van der Waals surface area contributed by atoms with E-state index in [2.05, 4.69) is 22.2 Å². The summed E-state index contributed by atoms with van der Waals surface area (Å²) >= 11 is 0. The first-order chi connectivity index (χ1) is 8.83. The van der Waals surface area contributed by atoms with E-state index >= 15 is 0 Å². The summed E-state index contributed by atoms with van der Waals surface area (Å²) in [6.07, 6.45) is 6.05. The summed E-state index contributed by atoms with van der Waals surface area (Å²) in [6, 6.07) is 3.87. The van der Waals surface area contributed by atoms with E-state index in [0.717, 1.165) is 29.2 Å². The smallest absolute Gasteiger partial charge is 0.139 e. The molecule has 4 heteroatoms. The van der Waals surface area contributed by atoms with Gasteiger partial charge >= 0.3 is 0 Å². The molecule has 96 valence electrons. The summed E-state index contributed by atoms with van der Waals surface area (Å²) in [5.74, 6) is 1.70. The van der Waals surface area contributed by atoms with Gasteiger partial charge in [-0.1, -0.05) is 0 Å². The van der Waals surface area contributed by atoms with Crippen LogP contribution in [-0.2, 0) is 0 Å². The number of fused-ring (bicyclic) bond motifs is 1. The number of aromatic nitrogens is 1. The van der Waals surface area contributed by atoms with Crippen LogP contribution in [0.3, 0.4) is 0 Å². The van der Waals surface area contributed by atoms with Crippen molar-refractivity contribution >= 4 is 16.8 Å². The van der Waals surface area contributed by atoms with Crippen LogP contribution in [0.15, 0.2) is 29.0 Å². The summed E-state index contributed by atoms with van der Waals surface area (Å²) in [5, 5.41) is 4.54. The lowest BCUT2D eigenvalue weighted by molar-refractivity contribution is 0.226. The largest absolute Gasteiger partial charge is 0.464 e. The van der Waals surface area contributed by atoms with Crippen molar-refractivity contribution in [2.75, 3.05) is 32.0 Å². The minimum atomic E-state index is 0.755. The van der Waals surface area contributed by atoms with Gasteiger partial charge in [-0.25, -0.2) is 4.98 Å². The lowest BCUT2D eigenvalue weighted by atomic mass is 9.97. The average Bonchev–Trinajstić information content (AvgIpc) is 2.87. The Balaban J connectivity index is 1.64. The molecule has 0 unspecified atom stereocenters. The maximum atomic E-state index is 5.38. The normalized spacial score (nSPS) is 18.3. The molecule has 1 saturated heterocycles. The van der Waals surface area contributed by atoms with E-state index in [9.17, 15) is 0 Å². The second-order valence-corrected chi connectivity index (χ2v) is 5.12. The van der Waals surface area contributed by atoms with Gasteiger partial charge in [0.25, 0.3) is 0 Å². The Morgan fingerprint density at radius 3 is 3.06 bits per heavy atom. The van der Waals surface area contributed by atoms with Crippen molar-refractivity contribution in [1.29, 1.82) is 0 Å². The Kier molecular flexibility index (Phi) is 3.19. The van der Waals surface area contributed by atoms with Gasteiger partial charge < -0.3 is 14.6 Å². The number of nitrogens with zero attached hydrogens (tertiary/aromatic N) is 2. The first-order valence-corrected chi connectivity index (χ1v) is 6.57. The fourth-order valence-electron chi connectivity index (χ4n) is 2.54. The van der Waals surface area contributed by atoms with Crippen molar-refractivity contribution in [2.24, 2.45) is 5.92 Å². The molecular weight excluding hydrogens is 226 g/mol. The van der Waals surface area contributed by atoms with E-state index in [0.29, 0.717) is 0 Å². The average molecular weight is 245 g/mol. The zero-order chi connectivity index (χ0) is 12.4. The number of hydrogen-bond donors (Lipinski definition) is 1. The second kappa shape index (κ2) is 4.98. The van der Waals surface area contributed by atoms with E-state index in [1.165, 1.54) is 25.9 Å². The van der Waals surface area contributed by atoms with Gasteiger partial charge in [-0.15, -0.1) is 0 Å². The number of anilines is 1. The number of hydrogen-bond acceptors (Lipinski definition) is 4. The third-order valence-corrected chi connectivity index (χ3v) is 3.78. The van der Waals surface area contributed by atoms with E-state index < -0.39 is 0 Å². The van der Waals surface area contributed by atoms with Gasteiger partial charge in [-0.3, -0.25) is 0 Å². The van der Waals surface area contributed by atoms with E-state index in [4.69, 9.17) is 4.42 Å². The van der Waals surface area contributed by atoms with Crippen LogP contribution in [0.5, 0.6) is 0 Å². The standard InChI is InChI=1S/C14H19N3O/c1-17-7-3-11(4-8-17)10-16-14-12-5-9-18-13(12)2-6-15-14/h2,5-6,9,11H,3-4,7-8,10H2,1H3,(H,15,16). The molecule has 1 N–H and O–H groups in total. The molecule has 2 aromatic rings. The van der Waals surface area contributed by atoms with Crippen LogP contribution >= 0.6 is 0 Å². The van der Waals surface area contributed by atoms with E-state index in [1.807, 2.05) is 12.1 Å². The molecular formula is C14H19N3O. The summed E-state index contributed by atoms with van der Waals surface area (Å²) in [6.45, 7) is 3.41. The van der Waals surface area contributed by atoms with Crippen molar-refractivity contribution in [3.05, 3.63) is 24.6 Å². The third-order valence-electron chi connectivity index (χ3n) is 3.78. The van der Waals surface area contributed by atoms with E-state index in [1.54, 1.807) is 12.5 Å². The van der Waals surface area contributed by atoms with Gasteiger partial charge in [0, 0.05) is 12.7 Å². The Hall–Kier alpha value is -1.55. The topological polar surface area (TPSA) is 41.3 Å². The molecule has 0 atom stereocenters. The second-order valence-electron chi connectivity index (χ2n) is 5.12. The minimum Gasteiger partial charge on any atom is -0.464 e. The lowest BCUT2D eigenvalue weighted by Gasteiger charge is -2.29. The summed E-state index contributed by atoms with van der Waals surface area (Å²) in [5.41, 5.74) is 0.899. The van der Waals surface area contributed by atoms with Crippen LogP contribution in [-0.4, -0.2) is 36.6 Å². The molecule has 1 aliphatic heterocycles. The van der Waals surface area contributed by atoms with Gasteiger partial charge in [0.2, 0.25) is 0 Å². The molecule has 4 nitrogen and oxygen atoms in total. The Morgan fingerprint density at radius 2 is 2.22 bits per heavy atom. The SMILES string of the molecule is CN1CCC(CNc2nccc3occc23)CC1. The molecule has 3 rings (SSSR count). The zero-order valence-electron chi connectivity index (χ0n) is 10.7. The zero-order valence-corrected chi connectivity index (χ0v) is 10.7. The van der Waals surface area contributed by atoms with Crippen LogP contribution in [0.25, 0.3) is 11.0 Å². The third kappa shape index (κ3) is 2.34. The highest BCUT2D eigenvalue weighted by Crippen LogP contribution is 2.23. The molecule has 2 aromatic heterocycles. The van der Waals surface area contributed by atoms with Crippen molar-refractivity contribution < 1.29 is 4.42 Å². The number of likely N-dealkylation sites (tertiary alicyclic amines) is 1. The molecule has 1 aliphatic rings. The molecule has 3 heterocycles. The number of rotatable bonds is 3. The van der Waals surface area contributed by atoms with Crippen LogP contribution in [0.4, 0.5) is 5.82 Å². The highest BCUT2D eigenvalue weighted by Gasteiger charge is 2.16. The van der Waals surface area contributed by atoms with Gasteiger partial charge in [-0.2, -0.15) is 0 Å². The Labute approximate surface area is 107 Å².